The number of rotatable bonds is 6. The van der Waals surface area contributed by atoms with Crippen molar-refractivity contribution in [2.75, 3.05) is 6.26 Å². The average Bonchev–Trinajstić information content (AvgIpc) is 2.73. The number of aromatic nitrogens is 1. The number of ether oxygens (including phenoxy) is 1. The second-order valence-electron chi connectivity index (χ2n) is 5.74. The van der Waals surface area contributed by atoms with Gasteiger partial charge in [0.15, 0.2) is 0 Å². The summed E-state index contributed by atoms with van der Waals surface area (Å²) in [5.74, 6) is 0.751. The highest BCUT2D eigenvalue weighted by atomic mass is 35.5. The average molecular weight is 410 g/mol. The van der Waals surface area contributed by atoms with E-state index < -0.39 is 0 Å². The van der Waals surface area contributed by atoms with Crippen molar-refractivity contribution in [3.63, 3.8) is 0 Å². The van der Waals surface area contributed by atoms with Gasteiger partial charge in [-0.15, -0.1) is 11.8 Å². The molecule has 0 bridgehead atoms. The smallest absolute Gasteiger partial charge is 0.251 e. The van der Waals surface area contributed by atoms with Crippen molar-refractivity contribution in [1.29, 1.82) is 5.26 Å². The monoisotopic (exact) mass is 409 g/mol. The molecule has 0 radical (unpaired) electrons. The van der Waals surface area contributed by atoms with E-state index in [9.17, 15) is 4.79 Å². The van der Waals surface area contributed by atoms with Crippen LogP contribution in [0.2, 0.25) is 5.02 Å². The van der Waals surface area contributed by atoms with E-state index in [1.165, 1.54) is 6.20 Å². The summed E-state index contributed by atoms with van der Waals surface area (Å²) >= 11 is 7.72. The zero-order chi connectivity index (χ0) is 19.9. The lowest BCUT2D eigenvalue weighted by Crippen LogP contribution is -2.23. The summed E-state index contributed by atoms with van der Waals surface area (Å²) in [4.78, 5) is 17.6. The molecule has 1 aromatic heterocycles. The first-order chi connectivity index (χ1) is 13.6. The fourth-order valence-corrected chi connectivity index (χ4v) is 3.23. The first kappa shape index (κ1) is 19.7. The highest BCUT2D eigenvalue weighted by molar-refractivity contribution is 7.98. The molecule has 0 fully saturated rings. The molecule has 2 aromatic carbocycles. The van der Waals surface area contributed by atoms with E-state index in [1.54, 1.807) is 42.1 Å². The van der Waals surface area contributed by atoms with E-state index >= 15 is 0 Å². The number of nitrogens with one attached hydrogen (secondary N) is 1. The van der Waals surface area contributed by atoms with Crippen LogP contribution >= 0.6 is 23.4 Å². The molecule has 0 atom stereocenters. The number of nitriles is 1. The molecule has 1 amide bonds. The number of hydrogen-bond acceptors (Lipinski definition) is 5. The maximum atomic E-state index is 12.5. The lowest BCUT2D eigenvalue weighted by atomic mass is 10.1. The highest BCUT2D eigenvalue weighted by Gasteiger charge is 2.11. The number of benzene rings is 2. The number of halogens is 1. The van der Waals surface area contributed by atoms with Crippen molar-refractivity contribution in [3.8, 4) is 17.7 Å². The largest absolute Gasteiger partial charge is 0.438 e. The SMILES string of the molecule is CSc1ccccc1Oc1cc(C(=O)NCc2ccc(C#N)cc2Cl)ccn1. The van der Waals surface area contributed by atoms with Crippen molar-refractivity contribution in [3.05, 3.63) is 82.5 Å². The molecule has 5 nitrogen and oxygen atoms in total. The Morgan fingerprint density at radius 3 is 2.82 bits per heavy atom. The van der Waals surface area contributed by atoms with Crippen molar-refractivity contribution >= 4 is 29.3 Å². The quantitative estimate of drug-likeness (QED) is 0.576. The molecule has 0 aliphatic carbocycles. The van der Waals surface area contributed by atoms with Crippen LogP contribution < -0.4 is 10.1 Å². The maximum absolute atomic E-state index is 12.5. The second-order valence-corrected chi connectivity index (χ2v) is 6.99. The van der Waals surface area contributed by atoms with Gasteiger partial charge in [0.1, 0.15) is 5.75 Å². The number of nitrogens with zero attached hydrogens (tertiary/aromatic N) is 2. The number of hydrogen-bond donors (Lipinski definition) is 1. The molecule has 0 spiro atoms. The molecular formula is C21H16ClN3O2S. The van der Waals surface area contributed by atoms with Crippen molar-refractivity contribution in [1.82, 2.24) is 10.3 Å². The zero-order valence-electron chi connectivity index (χ0n) is 15.0. The summed E-state index contributed by atoms with van der Waals surface area (Å²) in [6, 6.07) is 17.8. The summed E-state index contributed by atoms with van der Waals surface area (Å²) in [6.45, 7) is 0.247. The zero-order valence-corrected chi connectivity index (χ0v) is 16.6. The van der Waals surface area contributed by atoms with Crippen molar-refractivity contribution < 1.29 is 9.53 Å². The van der Waals surface area contributed by atoms with Crippen LogP contribution in [-0.2, 0) is 6.54 Å². The Bertz CT molecular complexity index is 1050. The van der Waals surface area contributed by atoms with E-state index in [2.05, 4.69) is 10.3 Å². The minimum Gasteiger partial charge on any atom is -0.438 e. The van der Waals surface area contributed by atoms with Gasteiger partial charge in [-0.2, -0.15) is 5.26 Å². The van der Waals surface area contributed by atoms with Crippen LogP contribution in [0.1, 0.15) is 21.5 Å². The Morgan fingerprint density at radius 1 is 1.25 bits per heavy atom. The summed E-state index contributed by atoms with van der Waals surface area (Å²) in [5, 5.41) is 12.1. The Balaban J connectivity index is 1.69. The summed E-state index contributed by atoms with van der Waals surface area (Å²) in [5.41, 5.74) is 1.63. The van der Waals surface area contributed by atoms with Crippen LogP contribution in [0, 0.1) is 11.3 Å². The van der Waals surface area contributed by atoms with Crippen molar-refractivity contribution in [2.24, 2.45) is 0 Å². The predicted octanol–water partition coefficient (Wildman–Crippen LogP) is 5.05. The molecule has 0 unspecified atom stereocenters. The third kappa shape index (κ3) is 4.83. The van der Waals surface area contributed by atoms with Gasteiger partial charge in [-0.05, 0) is 42.2 Å². The van der Waals surface area contributed by atoms with Gasteiger partial charge in [-0.25, -0.2) is 4.98 Å². The molecule has 28 heavy (non-hydrogen) atoms. The fraction of sp³-hybridized carbons (Fsp3) is 0.0952. The van der Waals surface area contributed by atoms with E-state index in [0.717, 1.165) is 10.5 Å². The standard InChI is InChI=1S/C21H16ClN3O2S/c1-28-19-5-3-2-4-18(19)27-20-11-15(8-9-24-20)21(26)25-13-16-7-6-14(12-23)10-17(16)22/h2-11H,13H2,1H3,(H,25,26). The molecule has 0 saturated carbocycles. The van der Waals surface area contributed by atoms with Gasteiger partial charge in [0.2, 0.25) is 5.88 Å². The molecule has 3 aromatic rings. The first-order valence-corrected chi connectivity index (χ1v) is 9.94. The van der Waals surface area contributed by atoms with Crippen LogP contribution in [0.15, 0.2) is 65.7 Å². The molecule has 0 aliphatic heterocycles. The van der Waals surface area contributed by atoms with E-state index in [1.807, 2.05) is 36.6 Å². The lowest BCUT2D eigenvalue weighted by molar-refractivity contribution is 0.0950. The molecule has 0 aliphatic rings. The van der Waals surface area contributed by atoms with Gasteiger partial charge >= 0.3 is 0 Å². The van der Waals surface area contributed by atoms with Crippen molar-refractivity contribution in [2.45, 2.75) is 11.4 Å². The van der Waals surface area contributed by atoms with Gasteiger partial charge in [0, 0.05) is 34.3 Å². The van der Waals surface area contributed by atoms with E-state index in [0.29, 0.717) is 27.8 Å². The first-order valence-electron chi connectivity index (χ1n) is 8.34. The summed E-state index contributed by atoms with van der Waals surface area (Å²) in [7, 11) is 0. The lowest BCUT2D eigenvalue weighted by Gasteiger charge is -2.10. The van der Waals surface area contributed by atoms with Crippen LogP contribution in [0.4, 0.5) is 0 Å². The number of amides is 1. The second kappa shape index (κ2) is 9.27. The normalized spacial score (nSPS) is 10.2. The van der Waals surface area contributed by atoms with Crippen LogP contribution in [0.3, 0.4) is 0 Å². The van der Waals surface area contributed by atoms with E-state index in [4.69, 9.17) is 21.6 Å². The van der Waals surface area contributed by atoms with Gasteiger partial charge in [0.05, 0.1) is 11.6 Å². The van der Waals surface area contributed by atoms with E-state index in [-0.39, 0.29) is 12.5 Å². The van der Waals surface area contributed by atoms with Gasteiger partial charge < -0.3 is 10.1 Å². The molecule has 1 heterocycles. The summed E-state index contributed by atoms with van der Waals surface area (Å²) < 4.78 is 5.83. The Labute approximate surface area is 172 Å². The Kier molecular flexibility index (Phi) is 6.53. The maximum Gasteiger partial charge on any atom is 0.251 e. The highest BCUT2D eigenvalue weighted by Crippen LogP contribution is 2.30. The topological polar surface area (TPSA) is 75.0 Å². The fourth-order valence-electron chi connectivity index (χ4n) is 2.46. The van der Waals surface area contributed by atoms with Gasteiger partial charge in [-0.3, -0.25) is 4.79 Å². The number of para-hydroxylation sites is 1. The Morgan fingerprint density at radius 2 is 2.07 bits per heavy atom. The Hall–Kier alpha value is -3.01. The number of pyridine rings is 1. The third-order valence-corrected chi connectivity index (χ3v) is 5.03. The molecule has 140 valence electrons. The van der Waals surface area contributed by atoms with Crippen LogP contribution in [0.5, 0.6) is 11.6 Å². The van der Waals surface area contributed by atoms with Crippen LogP contribution in [-0.4, -0.2) is 17.1 Å². The number of carbonyl (C=O) groups excluding carboxylic acids is 1. The minimum atomic E-state index is -0.272. The molecule has 0 saturated heterocycles. The number of thioether (sulfide) groups is 1. The number of carbonyl (C=O) groups is 1. The predicted molar refractivity (Wildman–Crippen MR) is 110 cm³/mol. The third-order valence-electron chi connectivity index (χ3n) is 3.90. The molecular weight excluding hydrogens is 394 g/mol. The molecule has 7 heteroatoms. The molecule has 1 N–H and O–H groups in total. The van der Waals surface area contributed by atoms with Gasteiger partial charge in [0.25, 0.3) is 5.91 Å². The minimum absolute atomic E-state index is 0.247. The summed E-state index contributed by atoms with van der Waals surface area (Å²) in [6.07, 6.45) is 3.49. The van der Waals surface area contributed by atoms with Gasteiger partial charge in [-0.1, -0.05) is 29.8 Å². The molecule has 3 rings (SSSR count). The van der Waals surface area contributed by atoms with Crippen LogP contribution in [0.25, 0.3) is 0 Å².